The van der Waals surface area contributed by atoms with Gasteiger partial charge in [0.2, 0.25) is 0 Å². The standard InChI is InChI=1S/C40H24N6S/c1-3-9-26(10-4-1)38-44-39(27-11-5-2-6-12-27)46-40(45-38)28-18-16-25(17-19-28)29-13-7-14-31-30(29)20-21-32(43-31)36-35-33(22-24-42-36)47-34-15-8-23-41-37(34)35/h1-24H. The van der Waals surface area contributed by atoms with Crippen molar-refractivity contribution in [2.24, 2.45) is 0 Å². The average Bonchev–Trinajstić information content (AvgIpc) is 3.54. The van der Waals surface area contributed by atoms with Gasteiger partial charge in [-0.2, -0.15) is 0 Å². The molecule has 0 bridgehead atoms. The van der Waals surface area contributed by atoms with Crippen LogP contribution in [0.25, 0.3) is 87.9 Å². The summed E-state index contributed by atoms with van der Waals surface area (Å²) in [6.45, 7) is 0. The van der Waals surface area contributed by atoms with Crippen LogP contribution in [0.4, 0.5) is 0 Å². The van der Waals surface area contributed by atoms with Gasteiger partial charge in [-0.05, 0) is 47.5 Å². The van der Waals surface area contributed by atoms with Crippen molar-refractivity contribution >= 4 is 42.5 Å². The van der Waals surface area contributed by atoms with Gasteiger partial charge < -0.3 is 0 Å². The van der Waals surface area contributed by atoms with Gasteiger partial charge in [-0.3, -0.25) is 9.97 Å². The Morgan fingerprint density at radius 1 is 0.426 bits per heavy atom. The predicted molar refractivity (Wildman–Crippen MR) is 191 cm³/mol. The van der Waals surface area contributed by atoms with Crippen LogP contribution in [-0.4, -0.2) is 29.9 Å². The van der Waals surface area contributed by atoms with Gasteiger partial charge in [-0.25, -0.2) is 19.9 Å². The molecule has 0 saturated carbocycles. The maximum absolute atomic E-state index is 5.10. The van der Waals surface area contributed by atoms with E-state index in [0.717, 1.165) is 70.4 Å². The summed E-state index contributed by atoms with van der Waals surface area (Å²) in [5, 5.41) is 2.12. The van der Waals surface area contributed by atoms with E-state index in [0.29, 0.717) is 17.5 Å². The molecule has 0 aliphatic heterocycles. The van der Waals surface area contributed by atoms with Gasteiger partial charge in [0, 0.05) is 44.6 Å². The van der Waals surface area contributed by atoms with Crippen molar-refractivity contribution < 1.29 is 0 Å². The normalized spacial score (nSPS) is 11.4. The van der Waals surface area contributed by atoms with E-state index in [4.69, 9.17) is 24.9 Å². The van der Waals surface area contributed by atoms with E-state index in [-0.39, 0.29) is 0 Å². The van der Waals surface area contributed by atoms with E-state index in [1.807, 2.05) is 79.1 Å². The van der Waals surface area contributed by atoms with Gasteiger partial charge in [0.1, 0.15) is 0 Å². The van der Waals surface area contributed by atoms with Crippen molar-refractivity contribution in [3.05, 3.63) is 146 Å². The van der Waals surface area contributed by atoms with Crippen molar-refractivity contribution in [3.63, 3.8) is 0 Å². The number of aromatic nitrogens is 6. The number of hydrogen-bond donors (Lipinski definition) is 0. The Labute approximate surface area is 274 Å². The van der Waals surface area contributed by atoms with Crippen LogP contribution >= 0.6 is 11.3 Å². The molecular formula is C40H24N6S. The quantitative estimate of drug-likeness (QED) is 0.191. The first-order chi connectivity index (χ1) is 23.3. The van der Waals surface area contributed by atoms with E-state index < -0.39 is 0 Å². The topological polar surface area (TPSA) is 77.3 Å². The molecule has 0 fully saturated rings. The third kappa shape index (κ3) is 4.90. The molecule has 0 spiro atoms. The minimum atomic E-state index is 0.630. The van der Waals surface area contributed by atoms with Gasteiger partial charge >= 0.3 is 0 Å². The van der Waals surface area contributed by atoms with E-state index >= 15 is 0 Å². The fourth-order valence-corrected chi connectivity index (χ4v) is 7.07. The van der Waals surface area contributed by atoms with Crippen LogP contribution in [-0.2, 0) is 0 Å². The molecule has 9 aromatic rings. The molecule has 0 aliphatic rings. The minimum Gasteiger partial charge on any atom is -0.255 e. The maximum atomic E-state index is 5.10. The smallest absolute Gasteiger partial charge is 0.164 e. The Bertz CT molecular complexity index is 2510. The molecule has 6 nitrogen and oxygen atoms in total. The van der Waals surface area contributed by atoms with Crippen molar-refractivity contribution in [1.82, 2.24) is 29.9 Å². The fourth-order valence-electron chi connectivity index (χ4n) is 6.01. The zero-order valence-corrected chi connectivity index (χ0v) is 25.8. The summed E-state index contributed by atoms with van der Waals surface area (Å²) in [4.78, 5) is 29.1. The number of hydrogen-bond acceptors (Lipinski definition) is 7. The van der Waals surface area contributed by atoms with E-state index in [9.17, 15) is 0 Å². The highest BCUT2D eigenvalue weighted by molar-refractivity contribution is 7.25. The molecular weight excluding hydrogens is 597 g/mol. The van der Waals surface area contributed by atoms with E-state index in [1.54, 1.807) is 11.3 Å². The predicted octanol–water partition coefficient (Wildman–Crippen LogP) is 9.91. The summed E-state index contributed by atoms with van der Waals surface area (Å²) in [6, 6.07) is 45.0. The molecule has 47 heavy (non-hydrogen) atoms. The molecule has 0 N–H and O–H groups in total. The Morgan fingerprint density at radius 3 is 1.79 bits per heavy atom. The summed E-state index contributed by atoms with van der Waals surface area (Å²) in [5.74, 6) is 1.92. The van der Waals surface area contributed by atoms with Crippen molar-refractivity contribution in [1.29, 1.82) is 0 Å². The third-order valence-electron chi connectivity index (χ3n) is 8.27. The lowest BCUT2D eigenvalue weighted by atomic mass is 9.98. The molecule has 4 aromatic carbocycles. The van der Waals surface area contributed by atoms with Crippen LogP contribution in [0.5, 0.6) is 0 Å². The molecule has 5 heterocycles. The molecule has 5 aromatic heterocycles. The lowest BCUT2D eigenvalue weighted by Gasteiger charge is -2.11. The van der Waals surface area contributed by atoms with Crippen LogP contribution in [0.15, 0.2) is 146 Å². The highest BCUT2D eigenvalue weighted by Gasteiger charge is 2.16. The van der Waals surface area contributed by atoms with Crippen LogP contribution < -0.4 is 0 Å². The summed E-state index contributed by atoms with van der Waals surface area (Å²) < 4.78 is 2.30. The molecule has 0 aliphatic carbocycles. The molecule has 0 atom stereocenters. The second-order valence-corrected chi connectivity index (χ2v) is 12.3. The lowest BCUT2D eigenvalue weighted by molar-refractivity contribution is 1.07. The number of pyridine rings is 3. The number of fused-ring (bicyclic) bond motifs is 4. The molecule has 9 rings (SSSR count). The average molecular weight is 621 g/mol. The Kier molecular flexibility index (Phi) is 6.54. The summed E-state index contributed by atoms with van der Waals surface area (Å²) in [7, 11) is 0. The first-order valence-corrected chi connectivity index (χ1v) is 16.1. The van der Waals surface area contributed by atoms with Gasteiger partial charge in [0.15, 0.2) is 17.5 Å². The first-order valence-electron chi connectivity index (χ1n) is 15.3. The first kappa shape index (κ1) is 27.2. The van der Waals surface area contributed by atoms with Crippen molar-refractivity contribution in [3.8, 4) is 56.7 Å². The largest absolute Gasteiger partial charge is 0.255 e. The summed E-state index contributed by atoms with van der Waals surface area (Å²) >= 11 is 1.73. The van der Waals surface area contributed by atoms with Crippen molar-refractivity contribution in [2.45, 2.75) is 0 Å². The molecule has 220 valence electrons. The second kappa shape index (κ2) is 11.3. The van der Waals surface area contributed by atoms with Crippen LogP contribution in [0.1, 0.15) is 0 Å². The number of benzene rings is 4. The molecule has 0 saturated heterocycles. The zero-order valence-electron chi connectivity index (χ0n) is 24.9. The maximum Gasteiger partial charge on any atom is 0.164 e. The van der Waals surface area contributed by atoms with Crippen LogP contribution in [0.2, 0.25) is 0 Å². The Morgan fingerprint density at radius 2 is 1.09 bits per heavy atom. The second-order valence-electron chi connectivity index (χ2n) is 11.2. The minimum absolute atomic E-state index is 0.630. The highest BCUT2D eigenvalue weighted by atomic mass is 32.1. The van der Waals surface area contributed by atoms with Gasteiger partial charge in [0.25, 0.3) is 0 Å². The number of thiophene rings is 1. The zero-order chi connectivity index (χ0) is 31.2. The van der Waals surface area contributed by atoms with E-state index in [2.05, 4.69) is 71.7 Å². The van der Waals surface area contributed by atoms with Gasteiger partial charge in [-0.1, -0.05) is 97.1 Å². The molecule has 0 amide bonds. The third-order valence-corrected chi connectivity index (χ3v) is 9.38. The van der Waals surface area contributed by atoms with Gasteiger partial charge in [0.05, 0.1) is 27.1 Å². The number of rotatable bonds is 5. The van der Waals surface area contributed by atoms with Crippen molar-refractivity contribution in [2.75, 3.05) is 0 Å². The molecule has 0 radical (unpaired) electrons. The molecule has 7 heteroatoms. The molecule has 0 unspecified atom stereocenters. The SMILES string of the molecule is c1ccc(-c2nc(-c3ccccc3)nc(-c3ccc(-c4cccc5nc(-c6nccc7sc8cccnc8c67)ccc45)cc3)n2)cc1. The van der Waals surface area contributed by atoms with Crippen LogP contribution in [0, 0.1) is 0 Å². The fraction of sp³-hybridized carbons (Fsp3) is 0. The summed E-state index contributed by atoms with van der Waals surface area (Å²) in [5.41, 5.74) is 8.57. The highest BCUT2D eigenvalue weighted by Crippen LogP contribution is 2.38. The number of nitrogens with zero attached hydrogens (tertiary/aromatic N) is 6. The monoisotopic (exact) mass is 620 g/mol. The van der Waals surface area contributed by atoms with E-state index in [1.165, 1.54) is 0 Å². The van der Waals surface area contributed by atoms with Gasteiger partial charge in [-0.15, -0.1) is 11.3 Å². The van der Waals surface area contributed by atoms with Crippen LogP contribution in [0.3, 0.4) is 0 Å². The Balaban J connectivity index is 1.10. The lowest BCUT2D eigenvalue weighted by Crippen LogP contribution is -2.00. The summed E-state index contributed by atoms with van der Waals surface area (Å²) in [6.07, 6.45) is 3.69. The Hall–Kier alpha value is -6.18.